The number of likely N-dealkylation sites (tertiary alicyclic amines) is 1. The highest BCUT2D eigenvalue weighted by Gasteiger charge is 2.32. The topological polar surface area (TPSA) is 126 Å². The van der Waals surface area contributed by atoms with E-state index in [0.717, 1.165) is 56.4 Å². The molecule has 0 spiro atoms. The van der Waals surface area contributed by atoms with Crippen LogP contribution >= 0.6 is 11.6 Å². The maximum atomic E-state index is 13.0. The molecule has 1 aromatic carbocycles. The molecular weight excluding hydrogens is 484 g/mol. The number of hydrogen-bond donors (Lipinski definition) is 4. The molecule has 2 aliphatic rings. The number of nitrogens with one attached hydrogen (secondary N) is 2. The van der Waals surface area contributed by atoms with Crippen molar-refractivity contribution in [3.05, 3.63) is 34.3 Å². The maximum absolute atomic E-state index is 13.0. The van der Waals surface area contributed by atoms with Crippen molar-refractivity contribution in [3.8, 4) is 0 Å². The Kier molecular flexibility index (Phi) is 11.6. The van der Waals surface area contributed by atoms with Gasteiger partial charge in [0.1, 0.15) is 0 Å². The maximum Gasteiger partial charge on any atom is 0.404 e. The number of aryl methyl sites for hydroxylation is 1. The van der Waals surface area contributed by atoms with E-state index in [0.29, 0.717) is 30.6 Å². The van der Waals surface area contributed by atoms with E-state index in [2.05, 4.69) is 10.6 Å². The fraction of sp³-hybridized carbons (Fsp3) is 0.692. The molecule has 0 aliphatic carbocycles. The largest absolute Gasteiger partial charge is 0.465 e. The summed E-state index contributed by atoms with van der Waals surface area (Å²) in [6.45, 7) is 5.65. The van der Waals surface area contributed by atoms with E-state index in [1.807, 2.05) is 30.0 Å². The molecule has 0 bridgehead atoms. The molecule has 4 atom stereocenters. The molecule has 2 aliphatic heterocycles. The summed E-state index contributed by atoms with van der Waals surface area (Å²) in [5.41, 5.74) is 8.35. The quantitative estimate of drug-likeness (QED) is 0.343. The van der Waals surface area contributed by atoms with Crippen LogP contribution in [0.5, 0.6) is 0 Å². The SMILES string of the molecule is Cc1ccc(Cl)cc1C(OCCNC(=O)O)C1CCCN(C(=O)NCC(N)CC2CCCCOC2)C1. The third-order valence-electron chi connectivity index (χ3n) is 7.05. The summed E-state index contributed by atoms with van der Waals surface area (Å²) < 4.78 is 11.9. The molecule has 2 saturated heterocycles. The van der Waals surface area contributed by atoms with Gasteiger partial charge in [-0.05, 0) is 68.2 Å². The number of rotatable bonds is 10. The van der Waals surface area contributed by atoms with Crippen LogP contribution in [0.2, 0.25) is 5.02 Å². The lowest BCUT2D eigenvalue weighted by molar-refractivity contribution is -0.00869. The van der Waals surface area contributed by atoms with Crippen LogP contribution in [0.1, 0.15) is 55.8 Å². The number of ether oxygens (including phenoxy) is 2. The second-order valence-electron chi connectivity index (χ2n) is 9.99. The molecule has 0 aromatic heterocycles. The number of amides is 3. The second kappa shape index (κ2) is 14.6. The van der Waals surface area contributed by atoms with Crippen molar-refractivity contribution in [1.82, 2.24) is 15.5 Å². The molecule has 10 heteroatoms. The van der Waals surface area contributed by atoms with Gasteiger partial charge in [-0.3, -0.25) is 0 Å². The molecule has 3 rings (SSSR count). The molecule has 0 saturated carbocycles. The van der Waals surface area contributed by atoms with E-state index in [-0.39, 0.29) is 37.2 Å². The van der Waals surface area contributed by atoms with Crippen molar-refractivity contribution in [3.63, 3.8) is 0 Å². The smallest absolute Gasteiger partial charge is 0.404 e. The number of piperidine rings is 1. The van der Waals surface area contributed by atoms with Gasteiger partial charge in [-0.25, -0.2) is 9.59 Å². The van der Waals surface area contributed by atoms with Gasteiger partial charge < -0.3 is 35.8 Å². The van der Waals surface area contributed by atoms with Crippen molar-refractivity contribution in [2.24, 2.45) is 17.6 Å². The second-order valence-corrected chi connectivity index (χ2v) is 10.4. The van der Waals surface area contributed by atoms with Gasteiger partial charge >= 0.3 is 12.1 Å². The Bertz CT molecular complexity index is 850. The minimum absolute atomic E-state index is 0.0586. The van der Waals surface area contributed by atoms with Crippen molar-refractivity contribution >= 4 is 23.7 Å². The Morgan fingerprint density at radius 1 is 1.28 bits per heavy atom. The summed E-state index contributed by atoms with van der Waals surface area (Å²) in [6, 6.07) is 5.49. The normalized spacial score (nSPS) is 22.4. The summed E-state index contributed by atoms with van der Waals surface area (Å²) in [5.74, 6) is 0.511. The first kappa shape index (κ1) is 28.5. The van der Waals surface area contributed by atoms with E-state index < -0.39 is 6.09 Å². The molecule has 4 unspecified atom stereocenters. The molecule has 2 heterocycles. The standard InChI is InChI=1S/C26H41ClN4O5/c1-18-7-8-21(27)14-23(18)24(36-12-9-29-26(33)34)20-6-4-10-31(16-20)25(32)30-15-22(28)13-19-5-2-3-11-35-17-19/h7-8,14,19-20,22,24,29H,2-6,9-13,15-17,28H2,1H3,(H,30,32)(H,33,34). The minimum Gasteiger partial charge on any atom is -0.465 e. The number of carbonyl (C=O) groups is 2. The number of nitrogens with zero attached hydrogens (tertiary/aromatic N) is 1. The molecular formula is C26H41ClN4O5. The highest BCUT2D eigenvalue weighted by Crippen LogP contribution is 2.35. The van der Waals surface area contributed by atoms with Crippen LogP contribution in [0.25, 0.3) is 0 Å². The summed E-state index contributed by atoms with van der Waals surface area (Å²) in [5, 5.41) is 14.8. The minimum atomic E-state index is -1.08. The Morgan fingerprint density at radius 2 is 2.11 bits per heavy atom. The molecule has 202 valence electrons. The Labute approximate surface area is 219 Å². The van der Waals surface area contributed by atoms with E-state index in [1.165, 1.54) is 6.42 Å². The average Bonchev–Trinajstić information content (AvgIpc) is 3.13. The van der Waals surface area contributed by atoms with Gasteiger partial charge in [0, 0.05) is 56.4 Å². The molecule has 36 heavy (non-hydrogen) atoms. The Morgan fingerprint density at radius 3 is 2.92 bits per heavy atom. The van der Waals surface area contributed by atoms with Gasteiger partial charge in [0.15, 0.2) is 0 Å². The zero-order valence-corrected chi connectivity index (χ0v) is 22.0. The van der Waals surface area contributed by atoms with Crippen LogP contribution in [-0.4, -0.2) is 74.2 Å². The highest BCUT2D eigenvalue weighted by molar-refractivity contribution is 6.30. The lowest BCUT2D eigenvalue weighted by Gasteiger charge is -2.37. The third kappa shape index (κ3) is 9.10. The summed E-state index contributed by atoms with van der Waals surface area (Å²) in [4.78, 5) is 25.7. The zero-order valence-electron chi connectivity index (χ0n) is 21.2. The van der Waals surface area contributed by atoms with E-state index >= 15 is 0 Å². The van der Waals surface area contributed by atoms with Crippen LogP contribution in [0.3, 0.4) is 0 Å². The molecule has 0 radical (unpaired) electrons. The summed E-state index contributed by atoms with van der Waals surface area (Å²) in [6.07, 6.45) is 4.62. The predicted octanol–water partition coefficient (Wildman–Crippen LogP) is 3.93. The van der Waals surface area contributed by atoms with E-state index in [9.17, 15) is 9.59 Å². The Balaban J connectivity index is 1.57. The summed E-state index contributed by atoms with van der Waals surface area (Å²) >= 11 is 6.29. The van der Waals surface area contributed by atoms with Gasteiger partial charge in [0.05, 0.1) is 12.7 Å². The fourth-order valence-electron chi connectivity index (χ4n) is 5.18. The lowest BCUT2D eigenvalue weighted by atomic mass is 9.86. The van der Waals surface area contributed by atoms with Crippen LogP contribution in [-0.2, 0) is 9.47 Å². The van der Waals surface area contributed by atoms with Gasteiger partial charge in [-0.1, -0.05) is 24.1 Å². The number of carboxylic acid groups (broad SMARTS) is 1. The first-order valence-corrected chi connectivity index (χ1v) is 13.4. The van der Waals surface area contributed by atoms with E-state index in [4.69, 9.17) is 31.9 Å². The number of carbonyl (C=O) groups excluding carboxylic acids is 1. The van der Waals surface area contributed by atoms with Crippen LogP contribution in [0.15, 0.2) is 18.2 Å². The monoisotopic (exact) mass is 524 g/mol. The fourth-order valence-corrected chi connectivity index (χ4v) is 5.36. The van der Waals surface area contributed by atoms with Crippen LogP contribution < -0.4 is 16.4 Å². The highest BCUT2D eigenvalue weighted by atomic mass is 35.5. The van der Waals surface area contributed by atoms with Crippen molar-refractivity contribution in [1.29, 1.82) is 0 Å². The third-order valence-corrected chi connectivity index (χ3v) is 7.29. The molecule has 9 nitrogen and oxygen atoms in total. The predicted molar refractivity (Wildman–Crippen MR) is 139 cm³/mol. The number of nitrogens with two attached hydrogens (primary N) is 1. The number of urea groups is 1. The van der Waals surface area contributed by atoms with Gasteiger partial charge in [0.2, 0.25) is 0 Å². The lowest BCUT2D eigenvalue weighted by Crippen LogP contribution is -2.49. The molecule has 2 fully saturated rings. The van der Waals surface area contributed by atoms with Crippen molar-refractivity contribution in [2.45, 2.75) is 57.6 Å². The first-order chi connectivity index (χ1) is 17.3. The first-order valence-electron chi connectivity index (χ1n) is 13.0. The molecule has 3 amide bonds. The van der Waals surface area contributed by atoms with Gasteiger partial charge in [-0.15, -0.1) is 0 Å². The van der Waals surface area contributed by atoms with E-state index in [1.54, 1.807) is 0 Å². The molecule has 5 N–H and O–H groups in total. The average molecular weight is 525 g/mol. The van der Waals surface area contributed by atoms with Crippen molar-refractivity contribution < 1.29 is 24.2 Å². The molecule has 1 aromatic rings. The van der Waals surface area contributed by atoms with Gasteiger partial charge in [0.25, 0.3) is 0 Å². The van der Waals surface area contributed by atoms with Gasteiger partial charge in [-0.2, -0.15) is 0 Å². The van der Waals surface area contributed by atoms with Crippen LogP contribution in [0.4, 0.5) is 9.59 Å². The zero-order chi connectivity index (χ0) is 25.9. The van der Waals surface area contributed by atoms with Crippen LogP contribution in [0, 0.1) is 18.8 Å². The number of hydrogen-bond acceptors (Lipinski definition) is 5. The number of halogens is 1. The number of benzene rings is 1. The Hall–Kier alpha value is -2.07. The summed E-state index contributed by atoms with van der Waals surface area (Å²) in [7, 11) is 0. The van der Waals surface area contributed by atoms with Crippen molar-refractivity contribution in [2.75, 3.05) is 46.0 Å².